The first kappa shape index (κ1) is 11.5. The maximum absolute atomic E-state index is 10.7. The summed E-state index contributed by atoms with van der Waals surface area (Å²) in [5, 5.41) is 10.9. The number of rotatable bonds is 6. The lowest BCUT2D eigenvalue weighted by molar-refractivity contribution is -0.138. The summed E-state index contributed by atoms with van der Waals surface area (Å²) in [6, 6.07) is 0. The Morgan fingerprint density at radius 1 is 1.69 bits per heavy atom. The van der Waals surface area contributed by atoms with Crippen LogP contribution < -0.4 is 0 Å². The third kappa shape index (κ3) is 3.02. The Hall–Kier alpha value is -0.940. The average Bonchev–Trinajstić information content (AvgIpc) is 2.74. The third-order valence-corrected chi connectivity index (χ3v) is 3.64. The van der Waals surface area contributed by atoms with E-state index in [0.29, 0.717) is 6.42 Å². The van der Waals surface area contributed by atoms with Gasteiger partial charge in [0.2, 0.25) is 0 Å². The second-order valence-electron chi connectivity index (χ2n) is 4.72. The molecule has 0 unspecified atom stereocenters. The molecule has 1 aromatic heterocycles. The van der Waals surface area contributed by atoms with Gasteiger partial charge in [-0.2, -0.15) is 0 Å². The van der Waals surface area contributed by atoms with E-state index in [1.807, 2.05) is 17.9 Å². The van der Waals surface area contributed by atoms with E-state index in [1.54, 1.807) is 11.3 Å². The summed E-state index contributed by atoms with van der Waals surface area (Å²) in [4.78, 5) is 17.1. The van der Waals surface area contributed by atoms with Crippen LogP contribution in [0.25, 0.3) is 0 Å². The van der Waals surface area contributed by atoms with Crippen molar-refractivity contribution in [2.75, 3.05) is 13.6 Å². The summed E-state index contributed by atoms with van der Waals surface area (Å²) in [6.07, 6.45) is 2.38. The molecular weight excluding hydrogens is 224 g/mol. The molecule has 0 bridgehead atoms. The van der Waals surface area contributed by atoms with E-state index in [4.69, 9.17) is 5.11 Å². The van der Waals surface area contributed by atoms with Gasteiger partial charge in [0.25, 0.3) is 0 Å². The highest BCUT2D eigenvalue weighted by Gasteiger charge is 2.44. The van der Waals surface area contributed by atoms with Gasteiger partial charge in [0.1, 0.15) is 0 Å². The zero-order valence-corrected chi connectivity index (χ0v) is 10.2. The molecule has 0 aromatic carbocycles. The Morgan fingerprint density at radius 3 is 2.94 bits per heavy atom. The fraction of sp³-hybridized carbons (Fsp3) is 0.636. The molecule has 0 aliphatic heterocycles. The van der Waals surface area contributed by atoms with Crippen molar-refractivity contribution >= 4 is 17.3 Å². The molecule has 4 nitrogen and oxygen atoms in total. The zero-order valence-electron chi connectivity index (χ0n) is 9.35. The van der Waals surface area contributed by atoms with Crippen LogP contribution in [0.4, 0.5) is 0 Å². The molecular formula is C11H16N2O2S. The monoisotopic (exact) mass is 240 g/mol. The smallest absolute Gasteiger partial charge is 0.303 e. The molecule has 0 amide bonds. The molecule has 1 saturated carbocycles. The van der Waals surface area contributed by atoms with Gasteiger partial charge in [0.15, 0.2) is 0 Å². The number of hydrogen-bond acceptors (Lipinski definition) is 4. The Morgan fingerprint density at radius 2 is 2.44 bits per heavy atom. The Balaban J connectivity index is 1.83. The minimum atomic E-state index is -0.681. The van der Waals surface area contributed by atoms with Crippen molar-refractivity contribution in [2.24, 2.45) is 5.41 Å². The van der Waals surface area contributed by atoms with E-state index < -0.39 is 5.97 Å². The maximum Gasteiger partial charge on any atom is 0.303 e. The lowest BCUT2D eigenvalue weighted by atomic mass is 10.0. The molecule has 1 aliphatic rings. The highest BCUT2D eigenvalue weighted by molar-refractivity contribution is 7.07. The van der Waals surface area contributed by atoms with E-state index in [9.17, 15) is 4.79 Å². The predicted molar refractivity (Wildman–Crippen MR) is 62.4 cm³/mol. The van der Waals surface area contributed by atoms with Gasteiger partial charge in [0.05, 0.1) is 17.6 Å². The van der Waals surface area contributed by atoms with Crippen molar-refractivity contribution in [2.45, 2.75) is 25.8 Å². The van der Waals surface area contributed by atoms with Crippen LogP contribution in [0.1, 0.15) is 25.0 Å². The summed E-state index contributed by atoms with van der Waals surface area (Å²) in [6.45, 7) is 1.67. The molecule has 0 spiro atoms. The Bertz CT molecular complexity index is 360. The lowest BCUT2D eigenvalue weighted by Gasteiger charge is -2.21. The Kier molecular flexibility index (Phi) is 3.25. The molecule has 16 heavy (non-hydrogen) atoms. The summed E-state index contributed by atoms with van der Waals surface area (Å²) in [7, 11) is 2.03. The van der Waals surface area contributed by atoms with Gasteiger partial charge in [-0.3, -0.25) is 9.69 Å². The molecule has 1 aromatic rings. The molecule has 0 radical (unpaired) electrons. The van der Waals surface area contributed by atoms with E-state index in [1.165, 1.54) is 0 Å². The van der Waals surface area contributed by atoms with E-state index in [0.717, 1.165) is 31.6 Å². The van der Waals surface area contributed by atoms with Crippen LogP contribution in [0.15, 0.2) is 10.9 Å². The van der Waals surface area contributed by atoms with Crippen LogP contribution in [-0.4, -0.2) is 34.6 Å². The summed E-state index contributed by atoms with van der Waals surface area (Å²) < 4.78 is 0. The number of carbonyl (C=O) groups is 1. The van der Waals surface area contributed by atoms with Crippen molar-refractivity contribution in [3.8, 4) is 0 Å². The van der Waals surface area contributed by atoms with Gasteiger partial charge in [0, 0.05) is 18.5 Å². The molecule has 1 aliphatic carbocycles. The van der Waals surface area contributed by atoms with Crippen LogP contribution in [-0.2, 0) is 11.3 Å². The first-order chi connectivity index (χ1) is 7.60. The molecule has 1 N–H and O–H groups in total. The minimum Gasteiger partial charge on any atom is -0.481 e. The molecule has 5 heteroatoms. The van der Waals surface area contributed by atoms with Crippen molar-refractivity contribution in [3.05, 3.63) is 16.6 Å². The van der Waals surface area contributed by atoms with Crippen LogP contribution in [0, 0.1) is 5.41 Å². The van der Waals surface area contributed by atoms with Crippen molar-refractivity contribution in [1.82, 2.24) is 9.88 Å². The largest absolute Gasteiger partial charge is 0.481 e. The topological polar surface area (TPSA) is 53.4 Å². The highest BCUT2D eigenvalue weighted by atomic mass is 32.1. The number of carboxylic acid groups (broad SMARTS) is 1. The van der Waals surface area contributed by atoms with Crippen molar-refractivity contribution in [1.29, 1.82) is 0 Å². The van der Waals surface area contributed by atoms with Crippen LogP contribution in [0.5, 0.6) is 0 Å². The normalized spacial score (nSPS) is 17.6. The SMILES string of the molecule is CN(Cc1cscn1)CC1(CC(=O)O)CC1. The van der Waals surface area contributed by atoms with Crippen LogP contribution in [0.2, 0.25) is 0 Å². The number of carboxylic acids is 1. The zero-order chi connectivity index (χ0) is 11.6. The third-order valence-electron chi connectivity index (χ3n) is 3.00. The molecule has 88 valence electrons. The predicted octanol–water partition coefficient (Wildman–Crippen LogP) is 1.83. The Labute approximate surface area is 98.9 Å². The van der Waals surface area contributed by atoms with Gasteiger partial charge in [-0.25, -0.2) is 4.98 Å². The van der Waals surface area contributed by atoms with Gasteiger partial charge in [-0.05, 0) is 25.3 Å². The number of aromatic nitrogens is 1. The van der Waals surface area contributed by atoms with E-state index in [-0.39, 0.29) is 5.41 Å². The first-order valence-electron chi connectivity index (χ1n) is 5.37. The fourth-order valence-electron chi connectivity index (χ4n) is 2.11. The molecule has 1 fully saturated rings. The summed E-state index contributed by atoms with van der Waals surface area (Å²) in [5.74, 6) is -0.681. The molecule has 2 rings (SSSR count). The van der Waals surface area contributed by atoms with E-state index >= 15 is 0 Å². The second-order valence-corrected chi connectivity index (χ2v) is 5.44. The minimum absolute atomic E-state index is 0.0383. The van der Waals surface area contributed by atoms with Crippen LogP contribution >= 0.6 is 11.3 Å². The standard InChI is InChI=1S/C11H16N2O2S/c1-13(5-9-6-16-8-12-9)7-11(2-3-11)4-10(14)15/h6,8H,2-5,7H2,1H3,(H,14,15). The maximum atomic E-state index is 10.7. The van der Waals surface area contributed by atoms with Gasteiger partial charge in [-0.15, -0.1) is 11.3 Å². The molecule has 1 heterocycles. The summed E-state index contributed by atoms with van der Waals surface area (Å²) in [5.41, 5.74) is 2.93. The van der Waals surface area contributed by atoms with Crippen molar-refractivity contribution in [3.63, 3.8) is 0 Å². The molecule has 0 atom stereocenters. The lowest BCUT2D eigenvalue weighted by Crippen LogP contribution is -2.28. The molecule has 0 saturated heterocycles. The quantitative estimate of drug-likeness (QED) is 0.824. The summed E-state index contributed by atoms with van der Waals surface area (Å²) >= 11 is 1.59. The second kappa shape index (κ2) is 4.51. The fourth-order valence-corrected chi connectivity index (χ4v) is 2.66. The number of hydrogen-bond donors (Lipinski definition) is 1. The number of thiazole rings is 1. The van der Waals surface area contributed by atoms with Gasteiger partial charge < -0.3 is 5.11 Å². The average molecular weight is 240 g/mol. The number of aliphatic carboxylic acids is 1. The first-order valence-corrected chi connectivity index (χ1v) is 6.31. The van der Waals surface area contributed by atoms with Gasteiger partial charge in [-0.1, -0.05) is 0 Å². The highest BCUT2D eigenvalue weighted by Crippen LogP contribution is 2.49. The van der Waals surface area contributed by atoms with E-state index in [2.05, 4.69) is 9.88 Å². The van der Waals surface area contributed by atoms with Crippen LogP contribution in [0.3, 0.4) is 0 Å². The number of nitrogens with zero attached hydrogens (tertiary/aromatic N) is 2. The van der Waals surface area contributed by atoms with Gasteiger partial charge >= 0.3 is 5.97 Å². The van der Waals surface area contributed by atoms with Crippen molar-refractivity contribution < 1.29 is 9.90 Å².